The Morgan fingerprint density at radius 2 is 1.24 bits per heavy atom. The van der Waals surface area contributed by atoms with Crippen molar-refractivity contribution in [3.8, 4) is 28.5 Å². The second-order valence-corrected chi connectivity index (χ2v) is 15.4. The largest absolute Gasteiger partial charge is 0.481 e. The van der Waals surface area contributed by atoms with Crippen molar-refractivity contribution in [2.24, 2.45) is 0 Å². The maximum atomic E-state index is 13.1. The minimum atomic E-state index is -1.08. The summed E-state index contributed by atoms with van der Waals surface area (Å²) in [7, 11) is 0. The number of hydrogen-bond acceptors (Lipinski definition) is 8. The molecule has 0 radical (unpaired) electrons. The van der Waals surface area contributed by atoms with Crippen molar-refractivity contribution in [3.63, 3.8) is 0 Å². The number of carboxylic acid groups (broad SMARTS) is 2. The van der Waals surface area contributed by atoms with Crippen LogP contribution in [0, 0.1) is 0 Å². The van der Waals surface area contributed by atoms with Gasteiger partial charge in [0.2, 0.25) is 11.7 Å². The van der Waals surface area contributed by atoms with Crippen LogP contribution in [0.4, 0.5) is 0 Å². The zero-order valence-corrected chi connectivity index (χ0v) is 35.5. The number of para-hydroxylation sites is 1. The summed E-state index contributed by atoms with van der Waals surface area (Å²) in [5.41, 5.74) is 3.42. The zero-order valence-electron chi connectivity index (χ0n) is 33.2. The van der Waals surface area contributed by atoms with Crippen LogP contribution in [0.2, 0.25) is 15.1 Å². The van der Waals surface area contributed by atoms with E-state index >= 15 is 0 Å². The van der Waals surface area contributed by atoms with Gasteiger partial charge in [0.15, 0.2) is 11.5 Å². The van der Waals surface area contributed by atoms with Crippen molar-refractivity contribution >= 4 is 58.6 Å². The first-order chi connectivity index (χ1) is 29.8. The van der Waals surface area contributed by atoms with Crippen molar-refractivity contribution in [2.75, 3.05) is 0 Å². The predicted octanol–water partition coefficient (Wildman–Crippen LogP) is 10.3. The minimum Gasteiger partial charge on any atom is -0.481 e. The molecule has 7 aromatic rings. The lowest BCUT2D eigenvalue weighted by molar-refractivity contribution is -0.138. The number of aromatic nitrogens is 4. The molecule has 0 aliphatic carbocycles. The number of oxazole rings is 1. The maximum absolute atomic E-state index is 13.1. The van der Waals surface area contributed by atoms with Gasteiger partial charge in [-0.25, -0.2) is 14.6 Å². The number of carboxylic acids is 2. The molecule has 2 heterocycles. The molecule has 0 unspecified atom stereocenters. The van der Waals surface area contributed by atoms with E-state index in [0.29, 0.717) is 38.6 Å². The van der Waals surface area contributed by atoms with E-state index in [1.807, 2.05) is 105 Å². The molecule has 316 valence electrons. The van der Waals surface area contributed by atoms with E-state index < -0.39 is 35.8 Å². The van der Waals surface area contributed by atoms with Gasteiger partial charge in [-0.05, 0) is 59.7 Å². The number of amides is 2. The Labute approximate surface area is 371 Å². The molecular formula is C46H39Cl3N6O7. The minimum absolute atomic E-state index is 0.0647. The Bertz CT molecular complexity index is 2620. The van der Waals surface area contributed by atoms with E-state index in [1.165, 1.54) is 6.07 Å². The van der Waals surface area contributed by atoms with Gasteiger partial charge in [-0.15, -0.1) is 5.10 Å². The van der Waals surface area contributed by atoms with Crippen molar-refractivity contribution in [1.82, 2.24) is 30.4 Å². The van der Waals surface area contributed by atoms with Gasteiger partial charge in [0.25, 0.3) is 11.8 Å². The highest BCUT2D eigenvalue weighted by atomic mass is 35.5. The molecule has 0 saturated heterocycles. The Morgan fingerprint density at radius 3 is 1.84 bits per heavy atom. The van der Waals surface area contributed by atoms with E-state index in [1.54, 1.807) is 41.1 Å². The van der Waals surface area contributed by atoms with E-state index in [0.717, 1.165) is 16.8 Å². The van der Waals surface area contributed by atoms with Crippen LogP contribution in [-0.2, 0) is 9.59 Å². The number of nitrogens with zero attached hydrogens (tertiary/aromatic N) is 4. The normalized spacial score (nSPS) is 11.8. The van der Waals surface area contributed by atoms with Crippen LogP contribution >= 0.6 is 34.8 Å². The summed E-state index contributed by atoms with van der Waals surface area (Å²) in [6.07, 6.45) is -0.662. The van der Waals surface area contributed by atoms with Crippen LogP contribution < -0.4 is 10.6 Å². The van der Waals surface area contributed by atoms with Crippen molar-refractivity contribution < 1.29 is 33.8 Å². The molecule has 0 aliphatic heterocycles. The van der Waals surface area contributed by atoms with E-state index in [2.05, 4.69) is 25.7 Å². The van der Waals surface area contributed by atoms with Crippen molar-refractivity contribution in [2.45, 2.75) is 44.7 Å². The second-order valence-electron chi connectivity index (χ2n) is 14.1. The molecule has 0 spiro atoms. The average Bonchev–Trinajstić information content (AvgIpc) is 3.91. The lowest BCUT2D eigenvalue weighted by Gasteiger charge is -2.18. The summed E-state index contributed by atoms with van der Waals surface area (Å²) in [5.74, 6) is -2.18. The molecule has 2 atom stereocenters. The fourth-order valence-electron chi connectivity index (χ4n) is 6.32. The van der Waals surface area contributed by atoms with Crippen LogP contribution in [0.3, 0.4) is 0 Å². The molecule has 7 rings (SSSR count). The third kappa shape index (κ3) is 11.5. The molecule has 5 aromatic carbocycles. The fourth-order valence-corrected chi connectivity index (χ4v) is 7.06. The van der Waals surface area contributed by atoms with Gasteiger partial charge >= 0.3 is 11.9 Å². The number of rotatable bonds is 14. The van der Waals surface area contributed by atoms with Gasteiger partial charge in [-0.3, -0.25) is 19.2 Å². The number of nitrogens with one attached hydrogen (secondary N) is 2. The maximum Gasteiger partial charge on any atom is 0.305 e. The molecule has 62 heavy (non-hydrogen) atoms. The SMILES string of the molecule is CC(C)c1oc(-c2ccccc2)nc1C(=O)N[C@@H](CC(=O)O)c1ccc(Cl)cc1Cl.O=C(O)C[C@H](NC(=O)c1nc(-c2ccccc2)n(-c2ccccc2)n1)c1cccc(Cl)c1. The number of benzene rings is 5. The molecule has 13 nitrogen and oxygen atoms in total. The molecular weight excluding hydrogens is 855 g/mol. The van der Waals surface area contributed by atoms with Gasteiger partial charge in [0, 0.05) is 32.1 Å². The Balaban J connectivity index is 0.000000207. The molecule has 0 aliphatic rings. The first-order valence-electron chi connectivity index (χ1n) is 19.2. The number of hydrogen-bond donors (Lipinski definition) is 4. The third-order valence-corrected chi connectivity index (χ3v) is 10.0. The molecule has 2 amide bonds. The van der Waals surface area contributed by atoms with Crippen molar-refractivity contribution in [3.05, 3.63) is 177 Å². The highest BCUT2D eigenvalue weighted by Crippen LogP contribution is 2.31. The Morgan fingerprint density at radius 1 is 0.661 bits per heavy atom. The Kier molecular flexibility index (Phi) is 14.9. The lowest BCUT2D eigenvalue weighted by atomic mass is 10.0. The van der Waals surface area contributed by atoms with Gasteiger partial charge in [-0.2, -0.15) is 0 Å². The van der Waals surface area contributed by atoms with Crippen LogP contribution in [0.5, 0.6) is 0 Å². The number of aliphatic carboxylic acids is 2. The van der Waals surface area contributed by atoms with E-state index in [-0.39, 0.29) is 35.3 Å². The smallest absolute Gasteiger partial charge is 0.305 e. The summed E-state index contributed by atoms with van der Waals surface area (Å²) < 4.78 is 7.45. The van der Waals surface area contributed by atoms with Crippen LogP contribution in [0.1, 0.15) is 82.7 Å². The number of carbonyl (C=O) groups is 4. The Hall–Kier alpha value is -6.80. The van der Waals surface area contributed by atoms with E-state index in [9.17, 15) is 29.4 Å². The molecule has 0 saturated carbocycles. The standard InChI is InChI=1S/C24H19ClN4O3.C22H20Cl2N2O4/c25-18-11-7-10-17(14-18)20(15-21(30)31)26-24(32)22-27-23(16-8-3-1-4-9-16)29(28-22)19-12-5-2-6-13-19;1-12(2)20-19(26-22(30-20)13-6-4-3-5-7-13)21(29)25-17(11-18(27)28)15-9-8-14(23)10-16(15)24/h1-14,20H,15H2,(H,26,32)(H,30,31);3-10,12,17H,11H2,1-2H3,(H,25,29)(H,27,28)/t20-;17-/m00/s1. The first-order valence-corrected chi connectivity index (χ1v) is 20.3. The lowest BCUT2D eigenvalue weighted by Crippen LogP contribution is -2.31. The number of carbonyl (C=O) groups excluding carboxylic acids is 2. The summed E-state index contributed by atoms with van der Waals surface area (Å²) in [6, 6.07) is 37.7. The van der Waals surface area contributed by atoms with Gasteiger partial charge < -0.3 is 25.3 Å². The predicted molar refractivity (Wildman–Crippen MR) is 236 cm³/mol. The topological polar surface area (TPSA) is 190 Å². The molecule has 4 N–H and O–H groups in total. The van der Waals surface area contributed by atoms with E-state index in [4.69, 9.17) is 39.2 Å². The molecule has 2 aromatic heterocycles. The van der Waals surface area contributed by atoms with Gasteiger partial charge in [0.1, 0.15) is 5.76 Å². The summed E-state index contributed by atoms with van der Waals surface area (Å²) in [6.45, 7) is 3.77. The highest BCUT2D eigenvalue weighted by molar-refractivity contribution is 6.35. The quantitative estimate of drug-likeness (QED) is 0.0818. The summed E-state index contributed by atoms with van der Waals surface area (Å²) in [4.78, 5) is 57.7. The highest BCUT2D eigenvalue weighted by Gasteiger charge is 2.28. The zero-order chi connectivity index (χ0) is 44.3. The molecule has 0 fully saturated rings. The monoisotopic (exact) mass is 892 g/mol. The van der Waals surface area contributed by atoms with Gasteiger partial charge in [-0.1, -0.05) is 134 Å². The van der Waals surface area contributed by atoms with Crippen LogP contribution in [-0.4, -0.2) is 53.7 Å². The molecule has 16 heteroatoms. The summed E-state index contributed by atoms with van der Waals surface area (Å²) >= 11 is 18.2. The van der Waals surface area contributed by atoms with Crippen LogP contribution in [0.15, 0.2) is 138 Å². The van der Waals surface area contributed by atoms with Crippen molar-refractivity contribution in [1.29, 1.82) is 0 Å². The third-order valence-electron chi connectivity index (χ3n) is 9.21. The number of halogens is 3. The fraction of sp³-hybridized carbons (Fsp3) is 0.152. The van der Waals surface area contributed by atoms with Crippen LogP contribution in [0.25, 0.3) is 28.5 Å². The second kappa shape index (κ2) is 20.6. The molecule has 0 bridgehead atoms. The van der Waals surface area contributed by atoms with Gasteiger partial charge in [0.05, 0.1) is 30.6 Å². The summed E-state index contributed by atoms with van der Waals surface area (Å²) in [5, 5.41) is 29.7. The average molecular weight is 894 g/mol. The first kappa shape index (κ1) is 44.7.